The normalized spacial score (nSPS) is 13.2. The molecule has 4 amide bonds. The van der Waals surface area contributed by atoms with Gasteiger partial charge in [0.25, 0.3) is 5.91 Å². The molecule has 1 aromatic heterocycles. The average molecular weight is 655 g/mol. The van der Waals surface area contributed by atoms with Crippen LogP contribution in [0.3, 0.4) is 0 Å². The van der Waals surface area contributed by atoms with E-state index >= 15 is 0 Å². The van der Waals surface area contributed by atoms with Gasteiger partial charge in [0, 0.05) is 11.9 Å². The van der Waals surface area contributed by atoms with Crippen LogP contribution in [0.5, 0.6) is 0 Å². The van der Waals surface area contributed by atoms with Crippen molar-refractivity contribution in [2.45, 2.75) is 63.9 Å². The third kappa shape index (κ3) is 10.9. The largest absolute Gasteiger partial charge is 0.443 e. The predicted octanol–water partition coefficient (Wildman–Crippen LogP) is 3.24. The number of aliphatic hydroxyl groups is 1. The predicted molar refractivity (Wildman–Crippen MR) is 181 cm³/mol. The first-order valence-electron chi connectivity index (χ1n) is 15.6. The van der Waals surface area contributed by atoms with Gasteiger partial charge in [-0.15, -0.1) is 0 Å². The van der Waals surface area contributed by atoms with Gasteiger partial charge in [-0.05, 0) is 50.5 Å². The van der Waals surface area contributed by atoms with Gasteiger partial charge in [-0.1, -0.05) is 84.9 Å². The Morgan fingerprint density at radius 1 is 0.854 bits per heavy atom. The van der Waals surface area contributed by atoms with E-state index in [-0.39, 0.29) is 25.2 Å². The van der Waals surface area contributed by atoms with Gasteiger partial charge >= 0.3 is 6.09 Å². The van der Waals surface area contributed by atoms with Crippen molar-refractivity contribution in [3.63, 3.8) is 0 Å². The van der Waals surface area contributed by atoms with E-state index in [1.54, 1.807) is 39.0 Å². The number of carbonyl (C=O) groups excluding carboxylic acids is 4. The summed E-state index contributed by atoms with van der Waals surface area (Å²) in [7, 11) is 0. The van der Waals surface area contributed by atoms with Gasteiger partial charge in [-0.25, -0.2) is 20.2 Å². The van der Waals surface area contributed by atoms with Crippen molar-refractivity contribution >= 4 is 34.7 Å². The second kappa shape index (κ2) is 16.5. The van der Waals surface area contributed by atoms with Crippen LogP contribution in [0.2, 0.25) is 0 Å². The van der Waals surface area contributed by atoms with Crippen LogP contribution in [0.15, 0.2) is 97.1 Å². The second-order valence-corrected chi connectivity index (χ2v) is 12.4. The summed E-state index contributed by atoms with van der Waals surface area (Å²) in [5.74, 6) is -2.24. The number of carbonyl (C=O) groups is 4. The topological polar surface area (TPSA) is 176 Å². The number of nitrogens with zero attached hydrogens (tertiary/aromatic N) is 2. The summed E-state index contributed by atoms with van der Waals surface area (Å²) in [4.78, 5) is 56.5. The van der Waals surface area contributed by atoms with E-state index in [1.807, 2.05) is 72.8 Å². The monoisotopic (exact) mass is 654 g/mol. The summed E-state index contributed by atoms with van der Waals surface area (Å²) in [6.45, 7) is 5.19. The van der Waals surface area contributed by atoms with Crippen molar-refractivity contribution in [1.29, 1.82) is 0 Å². The summed E-state index contributed by atoms with van der Waals surface area (Å²) < 4.78 is 5.58. The molecule has 0 fully saturated rings. The highest BCUT2D eigenvalue weighted by molar-refractivity contribution is 5.99. The minimum atomic E-state index is -1.37. The van der Waals surface area contributed by atoms with E-state index in [0.717, 1.165) is 16.5 Å². The number of benzene rings is 3. The van der Waals surface area contributed by atoms with Gasteiger partial charge in [0.15, 0.2) is 0 Å². The zero-order chi connectivity index (χ0) is 34.7. The second-order valence-electron chi connectivity index (χ2n) is 12.4. The fourth-order valence-corrected chi connectivity index (χ4v) is 4.89. The standard InChI is InChI=1S/C36H42N6O6/c1-36(2,3)48-35(47)42(38-22-25-14-8-5-9-15-25)23-31(43)29(20-24-12-6-4-7-13-24)40-34(46)30(21-32(37)44)41-33(45)28-19-18-26-16-10-11-17-27(26)39-28/h4-19,29-31,38,43H,20-23H2,1-3H3,(H2,37,44)(H,40,46)(H,41,45)/t29-,30-,31-/m0/s1. The van der Waals surface area contributed by atoms with Crippen LogP contribution < -0.4 is 21.8 Å². The van der Waals surface area contributed by atoms with Crippen molar-refractivity contribution in [3.8, 4) is 0 Å². The molecule has 0 saturated carbocycles. The lowest BCUT2D eigenvalue weighted by Crippen LogP contribution is -2.57. The van der Waals surface area contributed by atoms with Gasteiger partial charge in [0.05, 0.1) is 30.6 Å². The van der Waals surface area contributed by atoms with Crippen LogP contribution in [0, 0.1) is 0 Å². The van der Waals surface area contributed by atoms with E-state index in [9.17, 15) is 24.3 Å². The molecule has 4 rings (SSSR count). The number of hydrazine groups is 1. The summed E-state index contributed by atoms with van der Waals surface area (Å²) in [6.07, 6.45) is -2.37. The lowest BCUT2D eigenvalue weighted by molar-refractivity contribution is -0.128. The fraction of sp³-hybridized carbons (Fsp3) is 0.306. The maximum absolute atomic E-state index is 13.7. The highest BCUT2D eigenvalue weighted by atomic mass is 16.6. The number of primary amides is 1. The first kappa shape index (κ1) is 35.5. The van der Waals surface area contributed by atoms with Gasteiger partial charge in [-0.2, -0.15) is 0 Å². The molecule has 0 spiro atoms. The molecule has 0 aliphatic rings. The van der Waals surface area contributed by atoms with E-state index in [2.05, 4.69) is 21.0 Å². The first-order chi connectivity index (χ1) is 22.9. The number of fused-ring (bicyclic) bond motifs is 1. The highest BCUT2D eigenvalue weighted by Gasteiger charge is 2.32. The zero-order valence-corrected chi connectivity index (χ0v) is 27.3. The molecule has 0 aliphatic carbocycles. The molecule has 0 radical (unpaired) electrons. The lowest BCUT2D eigenvalue weighted by Gasteiger charge is -2.32. The number of nitrogens with one attached hydrogen (secondary N) is 3. The Bertz CT molecular complexity index is 1700. The Kier molecular flexibility index (Phi) is 12.2. The van der Waals surface area contributed by atoms with Crippen LogP contribution in [0.4, 0.5) is 4.79 Å². The van der Waals surface area contributed by atoms with E-state index in [0.29, 0.717) is 5.52 Å². The van der Waals surface area contributed by atoms with Crippen LogP contribution in [0.25, 0.3) is 10.9 Å². The number of aliphatic hydroxyl groups excluding tert-OH is 1. The van der Waals surface area contributed by atoms with Gasteiger partial charge < -0.3 is 26.2 Å². The molecule has 3 aromatic carbocycles. The summed E-state index contributed by atoms with van der Waals surface area (Å²) in [6, 6.07) is 26.7. The molecule has 0 unspecified atom stereocenters. The number of nitrogens with two attached hydrogens (primary N) is 1. The minimum absolute atomic E-state index is 0.0503. The molecule has 0 saturated heterocycles. The molecule has 0 bridgehead atoms. The van der Waals surface area contributed by atoms with E-state index < -0.39 is 54.0 Å². The maximum Gasteiger partial charge on any atom is 0.424 e. The molecule has 0 aliphatic heterocycles. The smallest absolute Gasteiger partial charge is 0.424 e. The zero-order valence-electron chi connectivity index (χ0n) is 27.3. The Morgan fingerprint density at radius 3 is 2.12 bits per heavy atom. The summed E-state index contributed by atoms with van der Waals surface area (Å²) in [5, 5.41) is 18.9. The van der Waals surface area contributed by atoms with Gasteiger partial charge in [0.1, 0.15) is 17.3 Å². The number of aromatic nitrogens is 1. The molecular weight excluding hydrogens is 612 g/mol. The molecule has 12 heteroatoms. The fourth-order valence-electron chi connectivity index (χ4n) is 4.89. The van der Waals surface area contributed by atoms with E-state index in [1.165, 1.54) is 11.1 Å². The number of hydrogen-bond donors (Lipinski definition) is 5. The lowest BCUT2D eigenvalue weighted by atomic mass is 10.00. The summed E-state index contributed by atoms with van der Waals surface area (Å²) in [5.41, 5.74) is 9.99. The molecule has 12 nitrogen and oxygen atoms in total. The molecule has 1 heterocycles. The van der Waals surface area contributed by atoms with Crippen molar-refractivity contribution < 1.29 is 29.0 Å². The number of para-hydroxylation sites is 1. The van der Waals surface area contributed by atoms with Crippen LogP contribution in [0.1, 0.15) is 48.8 Å². The number of ether oxygens (including phenoxy) is 1. The molecule has 6 N–H and O–H groups in total. The van der Waals surface area contributed by atoms with Crippen LogP contribution >= 0.6 is 0 Å². The molecule has 3 atom stereocenters. The summed E-state index contributed by atoms with van der Waals surface area (Å²) >= 11 is 0. The van der Waals surface area contributed by atoms with Crippen molar-refractivity contribution in [2.24, 2.45) is 5.73 Å². The third-order valence-corrected chi connectivity index (χ3v) is 7.25. The van der Waals surface area contributed by atoms with Crippen molar-refractivity contribution in [1.82, 2.24) is 26.1 Å². The SMILES string of the molecule is CC(C)(C)OC(=O)N(C[C@H](O)[C@H](Cc1ccccc1)NC(=O)[C@H](CC(N)=O)NC(=O)c1ccc2ccccc2n1)NCc1ccccc1. The Hall–Kier alpha value is -5.33. The van der Waals surface area contributed by atoms with Crippen LogP contribution in [-0.2, 0) is 27.3 Å². The third-order valence-electron chi connectivity index (χ3n) is 7.25. The van der Waals surface area contributed by atoms with E-state index in [4.69, 9.17) is 10.5 Å². The first-order valence-corrected chi connectivity index (χ1v) is 15.6. The molecule has 252 valence electrons. The number of amides is 4. The number of pyridine rings is 1. The molecule has 48 heavy (non-hydrogen) atoms. The number of hydrogen-bond acceptors (Lipinski definition) is 8. The highest BCUT2D eigenvalue weighted by Crippen LogP contribution is 2.14. The molecule has 4 aromatic rings. The quantitative estimate of drug-likeness (QED) is 0.129. The van der Waals surface area contributed by atoms with Crippen LogP contribution in [-0.4, -0.2) is 69.2 Å². The van der Waals surface area contributed by atoms with Gasteiger partial charge in [-0.3, -0.25) is 14.4 Å². The maximum atomic E-state index is 13.7. The van der Waals surface area contributed by atoms with Crippen molar-refractivity contribution in [3.05, 3.63) is 114 Å². The van der Waals surface area contributed by atoms with Gasteiger partial charge in [0.2, 0.25) is 11.8 Å². The Balaban J connectivity index is 1.55. The minimum Gasteiger partial charge on any atom is -0.443 e. The van der Waals surface area contributed by atoms with Crippen molar-refractivity contribution in [2.75, 3.05) is 6.54 Å². The average Bonchev–Trinajstić information content (AvgIpc) is 3.05. The molecular formula is C36H42N6O6. The number of rotatable bonds is 14. The Labute approximate surface area is 279 Å². The Morgan fingerprint density at radius 2 is 1.48 bits per heavy atom.